The van der Waals surface area contributed by atoms with E-state index < -0.39 is 0 Å². The molecule has 7 nitrogen and oxygen atoms in total. The number of hydrogen-bond acceptors (Lipinski definition) is 4. The first kappa shape index (κ1) is 20.9. The lowest BCUT2D eigenvalue weighted by Crippen LogP contribution is -2.24. The maximum Gasteiger partial charge on any atom is 0.270 e. The van der Waals surface area contributed by atoms with Gasteiger partial charge in [-0.2, -0.15) is 0 Å². The van der Waals surface area contributed by atoms with Crippen molar-refractivity contribution in [2.75, 3.05) is 17.3 Å². The third-order valence-corrected chi connectivity index (χ3v) is 4.55. The zero-order chi connectivity index (χ0) is 21.7. The number of hydrogen-bond donors (Lipinski definition) is 2. The summed E-state index contributed by atoms with van der Waals surface area (Å²) in [4.78, 5) is 35.7. The fraction of sp³-hybridized carbons (Fsp3) is 0.174. The van der Waals surface area contributed by atoms with Crippen molar-refractivity contribution in [1.82, 2.24) is 4.68 Å². The topological polar surface area (TPSA) is 89.4 Å². The summed E-state index contributed by atoms with van der Waals surface area (Å²) in [7, 11) is 0. The number of aromatic nitrogens is 1. The van der Waals surface area contributed by atoms with Gasteiger partial charge in [0.15, 0.2) is 12.4 Å². The number of Topliss-reactive ketones (excluding diaryl/α,β-unsaturated/α-hetero) is 1. The lowest BCUT2D eigenvalue weighted by Gasteiger charge is -2.12. The van der Waals surface area contributed by atoms with Gasteiger partial charge in [-0.3, -0.25) is 24.5 Å². The first-order valence-corrected chi connectivity index (χ1v) is 9.43. The van der Waals surface area contributed by atoms with E-state index in [1.807, 2.05) is 26.0 Å². The largest absolute Gasteiger partial charge is 0.484 e. The second-order valence-corrected chi connectivity index (χ2v) is 6.89. The van der Waals surface area contributed by atoms with Crippen molar-refractivity contribution in [2.45, 2.75) is 20.8 Å². The molecule has 0 aliphatic rings. The number of nitrogens with zero attached hydrogens (tertiary/aromatic N) is 1. The molecule has 0 saturated heterocycles. The molecule has 2 N–H and O–H groups in total. The second kappa shape index (κ2) is 9.09. The van der Waals surface area contributed by atoms with E-state index in [4.69, 9.17) is 4.74 Å². The number of amides is 2. The van der Waals surface area contributed by atoms with Crippen molar-refractivity contribution >= 4 is 23.3 Å². The molecule has 2 aromatic carbocycles. The molecule has 0 spiro atoms. The van der Waals surface area contributed by atoms with E-state index in [1.54, 1.807) is 53.2 Å². The van der Waals surface area contributed by atoms with Crippen LogP contribution in [0.15, 0.2) is 60.7 Å². The molecule has 0 aliphatic heterocycles. The number of anilines is 1. The highest BCUT2D eigenvalue weighted by Gasteiger charge is 2.10. The van der Waals surface area contributed by atoms with Gasteiger partial charge in [-0.15, -0.1) is 0 Å². The number of nitrogens with one attached hydrogen (secondary N) is 2. The maximum atomic E-state index is 12.4. The van der Waals surface area contributed by atoms with Gasteiger partial charge >= 0.3 is 0 Å². The third-order valence-electron chi connectivity index (χ3n) is 4.55. The van der Waals surface area contributed by atoms with Gasteiger partial charge in [0.1, 0.15) is 5.75 Å². The predicted molar refractivity (Wildman–Crippen MR) is 115 cm³/mol. The van der Waals surface area contributed by atoms with Gasteiger partial charge in [0.25, 0.3) is 11.8 Å². The molecular formula is C23H23N3O4. The maximum absolute atomic E-state index is 12.4. The zero-order valence-corrected chi connectivity index (χ0v) is 17.1. The highest BCUT2D eigenvalue weighted by molar-refractivity contribution is 6.00. The van der Waals surface area contributed by atoms with E-state index in [2.05, 4.69) is 10.7 Å². The number of rotatable bonds is 7. The summed E-state index contributed by atoms with van der Waals surface area (Å²) in [5.74, 6) is -0.129. The van der Waals surface area contributed by atoms with Crippen LogP contribution in [0.4, 0.5) is 5.69 Å². The molecule has 0 radical (unpaired) electrons. The molecule has 3 rings (SSSR count). The average molecular weight is 405 g/mol. The van der Waals surface area contributed by atoms with Gasteiger partial charge in [0.05, 0.1) is 0 Å². The van der Waals surface area contributed by atoms with Crippen LogP contribution in [0.5, 0.6) is 5.75 Å². The molecule has 0 bridgehead atoms. The van der Waals surface area contributed by atoms with Crippen molar-refractivity contribution in [3.05, 3.63) is 83.2 Å². The summed E-state index contributed by atoms with van der Waals surface area (Å²) < 4.78 is 7.20. The van der Waals surface area contributed by atoms with Crippen molar-refractivity contribution in [3.8, 4) is 5.75 Å². The number of aryl methyl sites for hydroxylation is 2. The quantitative estimate of drug-likeness (QED) is 0.587. The summed E-state index contributed by atoms with van der Waals surface area (Å²) in [6.45, 7) is 5.13. The van der Waals surface area contributed by atoms with Crippen LogP contribution in [0.25, 0.3) is 0 Å². The summed E-state index contributed by atoms with van der Waals surface area (Å²) in [6, 6.07) is 17.0. The van der Waals surface area contributed by atoms with Crippen LogP contribution in [0, 0.1) is 13.8 Å². The fourth-order valence-corrected chi connectivity index (χ4v) is 2.85. The van der Waals surface area contributed by atoms with Crippen LogP contribution in [0.1, 0.15) is 39.0 Å². The highest BCUT2D eigenvalue weighted by Crippen LogP contribution is 2.14. The minimum absolute atomic E-state index is 0.0352. The number of benzene rings is 2. The van der Waals surface area contributed by atoms with Crippen LogP contribution in [-0.2, 0) is 4.79 Å². The zero-order valence-electron chi connectivity index (χ0n) is 17.1. The van der Waals surface area contributed by atoms with Gasteiger partial charge in [-0.05, 0) is 81.4 Å². The lowest BCUT2D eigenvalue weighted by molar-refractivity contribution is -0.118. The first-order chi connectivity index (χ1) is 14.3. The van der Waals surface area contributed by atoms with Crippen LogP contribution in [0.2, 0.25) is 0 Å². The van der Waals surface area contributed by atoms with Crippen molar-refractivity contribution in [3.63, 3.8) is 0 Å². The lowest BCUT2D eigenvalue weighted by atomic mass is 10.1. The molecular weight excluding hydrogens is 382 g/mol. The fourth-order valence-electron chi connectivity index (χ4n) is 2.85. The molecule has 0 saturated carbocycles. The SMILES string of the molecule is CC(=O)c1ccc(NC(=O)COc2ccc(C(=O)Nn3c(C)ccc3C)cc2)cc1. The predicted octanol–water partition coefficient (Wildman–Crippen LogP) is 3.71. The van der Waals surface area contributed by atoms with Crippen molar-refractivity contribution < 1.29 is 19.1 Å². The Balaban J connectivity index is 1.52. The van der Waals surface area contributed by atoms with Crippen LogP contribution < -0.4 is 15.5 Å². The summed E-state index contributed by atoms with van der Waals surface area (Å²) >= 11 is 0. The molecule has 2 amide bonds. The number of ketones is 1. The van der Waals surface area contributed by atoms with Crippen LogP contribution >= 0.6 is 0 Å². The average Bonchev–Trinajstić information content (AvgIpc) is 3.05. The molecule has 0 unspecified atom stereocenters. The molecule has 0 atom stereocenters. The third kappa shape index (κ3) is 5.14. The van der Waals surface area contributed by atoms with Gasteiger partial charge in [-0.1, -0.05) is 0 Å². The first-order valence-electron chi connectivity index (χ1n) is 9.43. The van der Waals surface area contributed by atoms with Gasteiger partial charge in [-0.25, -0.2) is 0 Å². The molecule has 3 aromatic rings. The summed E-state index contributed by atoms with van der Waals surface area (Å²) in [6.07, 6.45) is 0. The van der Waals surface area contributed by atoms with E-state index in [0.717, 1.165) is 11.4 Å². The minimum atomic E-state index is -0.328. The molecule has 1 heterocycles. The van der Waals surface area contributed by atoms with E-state index in [9.17, 15) is 14.4 Å². The molecule has 0 aliphatic carbocycles. The number of carbonyl (C=O) groups is 3. The van der Waals surface area contributed by atoms with Gasteiger partial charge in [0, 0.05) is 28.2 Å². The minimum Gasteiger partial charge on any atom is -0.484 e. The van der Waals surface area contributed by atoms with E-state index >= 15 is 0 Å². The Kier molecular flexibility index (Phi) is 6.32. The van der Waals surface area contributed by atoms with Crippen LogP contribution in [0.3, 0.4) is 0 Å². The molecule has 30 heavy (non-hydrogen) atoms. The van der Waals surface area contributed by atoms with Gasteiger partial charge in [0.2, 0.25) is 0 Å². The molecule has 1 aromatic heterocycles. The Morgan fingerprint density at radius 1 is 0.833 bits per heavy atom. The Labute approximate surface area is 174 Å². The Morgan fingerprint density at radius 2 is 1.40 bits per heavy atom. The number of ether oxygens (including phenoxy) is 1. The van der Waals surface area contributed by atoms with Crippen molar-refractivity contribution in [1.29, 1.82) is 0 Å². The Morgan fingerprint density at radius 3 is 1.97 bits per heavy atom. The molecule has 7 heteroatoms. The monoisotopic (exact) mass is 405 g/mol. The molecule has 0 fully saturated rings. The molecule has 154 valence electrons. The summed E-state index contributed by atoms with van der Waals surface area (Å²) in [5.41, 5.74) is 6.34. The van der Waals surface area contributed by atoms with E-state index in [1.165, 1.54) is 6.92 Å². The van der Waals surface area contributed by atoms with E-state index in [-0.39, 0.29) is 24.2 Å². The second-order valence-electron chi connectivity index (χ2n) is 6.89. The smallest absolute Gasteiger partial charge is 0.270 e. The Bertz CT molecular complexity index is 1050. The normalized spacial score (nSPS) is 10.4. The van der Waals surface area contributed by atoms with Crippen LogP contribution in [-0.4, -0.2) is 28.9 Å². The highest BCUT2D eigenvalue weighted by atomic mass is 16.5. The van der Waals surface area contributed by atoms with E-state index in [0.29, 0.717) is 22.6 Å². The van der Waals surface area contributed by atoms with Gasteiger partial charge < -0.3 is 10.1 Å². The standard InChI is InChI=1S/C23H23N3O4/c1-15-4-5-16(2)26(15)25-23(29)19-8-12-21(13-9-19)30-14-22(28)24-20-10-6-18(7-11-20)17(3)27/h4-13H,14H2,1-3H3,(H,24,28)(H,25,29). The van der Waals surface area contributed by atoms with Crippen molar-refractivity contribution in [2.24, 2.45) is 0 Å². The summed E-state index contributed by atoms with van der Waals surface area (Å²) in [5, 5.41) is 2.70. The Hall–Kier alpha value is -3.87. The number of carbonyl (C=O) groups excluding carboxylic acids is 3.